The van der Waals surface area contributed by atoms with Gasteiger partial charge in [-0.05, 0) is 41.8 Å². The van der Waals surface area contributed by atoms with Crippen LogP contribution in [-0.2, 0) is 6.42 Å². The summed E-state index contributed by atoms with van der Waals surface area (Å²) in [5, 5.41) is 0. The Labute approximate surface area is 127 Å². The fourth-order valence-electron chi connectivity index (χ4n) is 1.86. The van der Waals surface area contributed by atoms with Gasteiger partial charge in [-0.25, -0.2) is 0 Å². The van der Waals surface area contributed by atoms with Crippen LogP contribution < -0.4 is 5.73 Å². The standard InChI is InChI=1S/C16H18BrNS/c1-2-12-4-3-5-13(10-12)16(18)11-19-15-8-6-14(17)7-9-15/h3-10,16H,2,11,18H2,1H3. The molecule has 0 fully saturated rings. The smallest absolute Gasteiger partial charge is 0.0390 e. The van der Waals surface area contributed by atoms with Gasteiger partial charge in [0.2, 0.25) is 0 Å². The Morgan fingerprint density at radius 3 is 2.58 bits per heavy atom. The minimum absolute atomic E-state index is 0.0835. The highest BCUT2D eigenvalue weighted by Gasteiger charge is 2.07. The van der Waals surface area contributed by atoms with E-state index in [0.717, 1.165) is 16.6 Å². The lowest BCUT2D eigenvalue weighted by molar-refractivity contribution is 0.828. The molecule has 0 aromatic heterocycles. The lowest BCUT2D eigenvalue weighted by atomic mass is 10.0. The van der Waals surface area contributed by atoms with Crippen molar-refractivity contribution in [2.75, 3.05) is 5.75 Å². The summed E-state index contributed by atoms with van der Waals surface area (Å²) in [5.74, 6) is 0.898. The number of hydrogen-bond donors (Lipinski definition) is 1. The molecule has 0 spiro atoms. The van der Waals surface area contributed by atoms with E-state index in [4.69, 9.17) is 5.73 Å². The fraction of sp³-hybridized carbons (Fsp3) is 0.250. The summed E-state index contributed by atoms with van der Waals surface area (Å²) in [6, 6.07) is 17.0. The highest BCUT2D eigenvalue weighted by molar-refractivity contribution is 9.10. The van der Waals surface area contributed by atoms with Gasteiger partial charge in [0.05, 0.1) is 0 Å². The van der Waals surface area contributed by atoms with E-state index in [1.807, 2.05) is 0 Å². The minimum Gasteiger partial charge on any atom is -0.323 e. The van der Waals surface area contributed by atoms with E-state index in [0.29, 0.717) is 0 Å². The zero-order valence-electron chi connectivity index (χ0n) is 11.0. The molecule has 0 bridgehead atoms. The molecule has 2 rings (SSSR count). The normalized spacial score (nSPS) is 12.4. The third kappa shape index (κ3) is 4.37. The Kier molecular flexibility index (Phi) is 5.49. The van der Waals surface area contributed by atoms with Crippen LogP contribution in [0.25, 0.3) is 0 Å². The van der Waals surface area contributed by atoms with Gasteiger partial charge in [-0.15, -0.1) is 11.8 Å². The van der Waals surface area contributed by atoms with Crippen molar-refractivity contribution in [1.82, 2.24) is 0 Å². The van der Waals surface area contributed by atoms with Gasteiger partial charge in [-0.1, -0.05) is 47.1 Å². The number of thioether (sulfide) groups is 1. The molecule has 0 saturated carbocycles. The van der Waals surface area contributed by atoms with Gasteiger partial charge in [0, 0.05) is 21.2 Å². The molecule has 2 aromatic carbocycles. The molecule has 0 aliphatic carbocycles. The molecule has 19 heavy (non-hydrogen) atoms. The molecule has 1 atom stereocenters. The van der Waals surface area contributed by atoms with E-state index in [1.165, 1.54) is 16.0 Å². The van der Waals surface area contributed by atoms with E-state index in [2.05, 4.69) is 71.4 Å². The number of halogens is 1. The largest absolute Gasteiger partial charge is 0.323 e. The van der Waals surface area contributed by atoms with Gasteiger partial charge in [-0.3, -0.25) is 0 Å². The first-order valence-corrected chi connectivity index (χ1v) is 8.19. The molecule has 3 heteroatoms. The summed E-state index contributed by atoms with van der Waals surface area (Å²) in [6.07, 6.45) is 1.06. The summed E-state index contributed by atoms with van der Waals surface area (Å²) in [7, 11) is 0. The Hall–Kier alpha value is -0.770. The first-order valence-electron chi connectivity index (χ1n) is 6.42. The average molecular weight is 336 g/mol. The molecule has 0 radical (unpaired) electrons. The first-order chi connectivity index (χ1) is 9.19. The Morgan fingerprint density at radius 2 is 1.89 bits per heavy atom. The predicted molar refractivity (Wildman–Crippen MR) is 87.6 cm³/mol. The van der Waals surface area contributed by atoms with Gasteiger partial charge >= 0.3 is 0 Å². The van der Waals surface area contributed by atoms with Crippen molar-refractivity contribution in [3.63, 3.8) is 0 Å². The zero-order valence-corrected chi connectivity index (χ0v) is 13.4. The molecular formula is C16H18BrNS. The van der Waals surface area contributed by atoms with E-state index in [-0.39, 0.29) is 6.04 Å². The molecule has 1 nitrogen and oxygen atoms in total. The lowest BCUT2D eigenvalue weighted by Crippen LogP contribution is -2.13. The van der Waals surface area contributed by atoms with Crippen LogP contribution in [0.3, 0.4) is 0 Å². The number of benzene rings is 2. The van der Waals surface area contributed by atoms with Crippen molar-refractivity contribution in [3.8, 4) is 0 Å². The Morgan fingerprint density at radius 1 is 1.16 bits per heavy atom. The molecule has 2 N–H and O–H groups in total. The monoisotopic (exact) mass is 335 g/mol. The Balaban J connectivity index is 1.96. The van der Waals surface area contributed by atoms with Gasteiger partial charge < -0.3 is 5.73 Å². The highest BCUT2D eigenvalue weighted by atomic mass is 79.9. The van der Waals surface area contributed by atoms with Crippen molar-refractivity contribution in [1.29, 1.82) is 0 Å². The van der Waals surface area contributed by atoms with Gasteiger partial charge in [0.1, 0.15) is 0 Å². The topological polar surface area (TPSA) is 26.0 Å². The minimum atomic E-state index is 0.0835. The molecule has 0 aliphatic heterocycles. The van der Waals surface area contributed by atoms with E-state index < -0.39 is 0 Å². The molecule has 100 valence electrons. The summed E-state index contributed by atoms with van der Waals surface area (Å²) < 4.78 is 1.11. The van der Waals surface area contributed by atoms with E-state index in [9.17, 15) is 0 Å². The first kappa shape index (κ1) is 14.6. The van der Waals surface area contributed by atoms with Crippen LogP contribution in [0.5, 0.6) is 0 Å². The SMILES string of the molecule is CCc1cccc(C(N)CSc2ccc(Br)cc2)c1. The molecule has 2 aromatic rings. The quantitative estimate of drug-likeness (QED) is 0.794. The Bertz CT molecular complexity index is 525. The maximum absolute atomic E-state index is 6.27. The van der Waals surface area contributed by atoms with Crippen LogP contribution in [0.2, 0.25) is 0 Å². The van der Waals surface area contributed by atoms with Crippen molar-refractivity contribution < 1.29 is 0 Å². The number of aryl methyl sites for hydroxylation is 1. The third-order valence-electron chi connectivity index (χ3n) is 3.03. The highest BCUT2D eigenvalue weighted by Crippen LogP contribution is 2.25. The fourth-order valence-corrected chi connectivity index (χ4v) is 3.01. The maximum Gasteiger partial charge on any atom is 0.0390 e. The summed E-state index contributed by atoms with van der Waals surface area (Å²) in [4.78, 5) is 1.25. The van der Waals surface area contributed by atoms with Crippen LogP contribution in [0.4, 0.5) is 0 Å². The van der Waals surface area contributed by atoms with Crippen LogP contribution in [0.15, 0.2) is 57.9 Å². The van der Waals surface area contributed by atoms with Crippen molar-refractivity contribution in [2.24, 2.45) is 5.73 Å². The molecular weight excluding hydrogens is 318 g/mol. The van der Waals surface area contributed by atoms with Crippen LogP contribution >= 0.6 is 27.7 Å². The van der Waals surface area contributed by atoms with Crippen molar-refractivity contribution in [2.45, 2.75) is 24.3 Å². The van der Waals surface area contributed by atoms with Gasteiger partial charge in [-0.2, -0.15) is 0 Å². The van der Waals surface area contributed by atoms with Crippen LogP contribution in [0.1, 0.15) is 24.1 Å². The third-order valence-corrected chi connectivity index (χ3v) is 4.69. The summed E-state index contributed by atoms with van der Waals surface area (Å²) in [5.41, 5.74) is 8.84. The van der Waals surface area contributed by atoms with E-state index in [1.54, 1.807) is 11.8 Å². The van der Waals surface area contributed by atoms with Crippen LogP contribution in [0, 0.1) is 0 Å². The van der Waals surface area contributed by atoms with Gasteiger partial charge in [0.15, 0.2) is 0 Å². The molecule has 0 aliphatic rings. The van der Waals surface area contributed by atoms with Crippen LogP contribution in [-0.4, -0.2) is 5.75 Å². The maximum atomic E-state index is 6.27. The van der Waals surface area contributed by atoms with Crippen molar-refractivity contribution >= 4 is 27.7 Å². The second-order valence-corrected chi connectivity index (χ2v) is 6.48. The lowest BCUT2D eigenvalue weighted by Gasteiger charge is -2.13. The summed E-state index contributed by atoms with van der Waals surface area (Å²) >= 11 is 5.24. The zero-order chi connectivity index (χ0) is 13.7. The van der Waals surface area contributed by atoms with Crippen molar-refractivity contribution in [3.05, 3.63) is 64.1 Å². The van der Waals surface area contributed by atoms with Gasteiger partial charge in [0.25, 0.3) is 0 Å². The molecule has 1 unspecified atom stereocenters. The number of nitrogens with two attached hydrogens (primary N) is 1. The number of hydrogen-bond acceptors (Lipinski definition) is 2. The second kappa shape index (κ2) is 7.13. The average Bonchev–Trinajstić information content (AvgIpc) is 2.46. The molecule has 0 heterocycles. The molecule has 0 amide bonds. The summed E-state index contributed by atoms with van der Waals surface area (Å²) in [6.45, 7) is 2.17. The second-order valence-electron chi connectivity index (χ2n) is 4.47. The predicted octanol–water partition coefficient (Wildman–Crippen LogP) is 4.80. The number of rotatable bonds is 5. The van der Waals surface area contributed by atoms with E-state index >= 15 is 0 Å². The molecule has 0 saturated heterocycles.